The van der Waals surface area contributed by atoms with Gasteiger partial charge >= 0.3 is 0 Å². The molecule has 2 aromatic carbocycles. The number of nitrogens with zero attached hydrogens (tertiary/aromatic N) is 7. The molecule has 1 fully saturated rings. The van der Waals surface area contributed by atoms with Crippen molar-refractivity contribution in [2.45, 2.75) is 6.92 Å². The first-order valence-electron chi connectivity index (χ1n) is 11.5. The van der Waals surface area contributed by atoms with Crippen LogP contribution >= 0.6 is 0 Å². The second kappa shape index (κ2) is 8.77. The summed E-state index contributed by atoms with van der Waals surface area (Å²) in [5.41, 5.74) is 4.90. The fourth-order valence-corrected chi connectivity index (χ4v) is 4.18. The van der Waals surface area contributed by atoms with Gasteiger partial charge in [-0.1, -0.05) is 0 Å². The van der Waals surface area contributed by atoms with Crippen LogP contribution in [0.25, 0.3) is 22.1 Å². The standard InChI is InChI=1S/C25H23N9O2/c1-15-9-16(3-6-21(15)36-17-4-5-20-18(10-17)30-14-33(20)2)31-24-23-19(28-13-29-24)11-27-25(32-23)34-8-7-26-22(35)12-34/h3-6,9-11,13-14H,7-8,12H2,1-2H3,(H,26,35)(H,28,29,31). The van der Waals surface area contributed by atoms with Crippen LogP contribution in [0.2, 0.25) is 0 Å². The molecule has 2 N–H and O–H groups in total. The van der Waals surface area contributed by atoms with E-state index in [1.807, 2.05) is 59.8 Å². The van der Waals surface area contributed by atoms with Crippen molar-refractivity contribution in [3.05, 3.63) is 60.8 Å². The van der Waals surface area contributed by atoms with E-state index < -0.39 is 0 Å². The minimum atomic E-state index is -0.0506. The molecule has 0 atom stereocenters. The van der Waals surface area contributed by atoms with E-state index in [0.717, 1.165) is 33.8 Å². The van der Waals surface area contributed by atoms with E-state index >= 15 is 0 Å². The number of hydrogen-bond donors (Lipinski definition) is 2. The highest BCUT2D eigenvalue weighted by Crippen LogP contribution is 2.31. The Kier molecular flexibility index (Phi) is 5.29. The number of aryl methyl sites for hydroxylation is 2. The molecule has 5 aromatic rings. The SMILES string of the molecule is Cc1cc(Nc2ncnc3cnc(N4CCNC(=O)C4)nc23)ccc1Oc1ccc2c(c1)ncn2C. The Balaban J connectivity index is 1.25. The molecule has 180 valence electrons. The molecule has 0 unspecified atom stereocenters. The van der Waals surface area contributed by atoms with Crippen LogP contribution in [0, 0.1) is 6.92 Å². The molecule has 0 bridgehead atoms. The summed E-state index contributed by atoms with van der Waals surface area (Å²) in [4.78, 5) is 35.8. The molecule has 1 aliphatic heterocycles. The highest BCUT2D eigenvalue weighted by Gasteiger charge is 2.20. The van der Waals surface area contributed by atoms with E-state index in [2.05, 4.69) is 35.6 Å². The lowest BCUT2D eigenvalue weighted by molar-refractivity contribution is -0.120. The number of piperazine rings is 1. The Bertz CT molecular complexity index is 1610. The first-order valence-corrected chi connectivity index (χ1v) is 11.5. The Labute approximate surface area is 206 Å². The molecule has 0 saturated carbocycles. The largest absolute Gasteiger partial charge is 0.457 e. The van der Waals surface area contributed by atoms with Gasteiger partial charge in [0.05, 0.1) is 30.1 Å². The van der Waals surface area contributed by atoms with Crippen LogP contribution < -0.4 is 20.3 Å². The summed E-state index contributed by atoms with van der Waals surface area (Å²) >= 11 is 0. The van der Waals surface area contributed by atoms with Crippen molar-refractivity contribution < 1.29 is 9.53 Å². The first kappa shape index (κ1) is 21.7. The number of imidazole rings is 1. The number of amides is 1. The van der Waals surface area contributed by atoms with Gasteiger partial charge in [-0.05, 0) is 42.8 Å². The van der Waals surface area contributed by atoms with Gasteiger partial charge in [0.2, 0.25) is 11.9 Å². The van der Waals surface area contributed by atoms with E-state index in [4.69, 9.17) is 4.74 Å². The Hall–Kier alpha value is -4.80. The molecule has 11 nitrogen and oxygen atoms in total. The number of ether oxygens (including phenoxy) is 1. The smallest absolute Gasteiger partial charge is 0.239 e. The van der Waals surface area contributed by atoms with Crippen molar-refractivity contribution in [3.8, 4) is 11.5 Å². The molecule has 6 rings (SSSR count). The molecule has 0 radical (unpaired) electrons. The number of fused-ring (bicyclic) bond motifs is 2. The van der Waals surface area contributed by atoms with Gasteiger partial charge in [-0.3, -0.25) is 4.79 Å². The zero-order chi connectivity index (χ0) is 24.6. The van der Waals surface area contributed by atoms with Crippen molar-refractivity contribution in [1.29, 1.82) is 0 Å². The molecule has 36 heavy (non-hydrogen) atoms. The van der Waals surface area contributed by atoms with Gasteiger partial charge < -0.3 is 24.8 Å². The van der Waals surface area contributed by atoms with Gasteiger partial charge in [0.1, 0.15) is 28.9 Å². The van der Waals surface area contributed by atoms with Crippen molar-refractivity contribution in [3.63, 3.8) is 0 Å². The van der Waals surface area contributed by atoms with Crippen LogP contribution in [-0.2, 0) is 11.8 Å². The van der Waals surface area contributed by atoms with Crippen LogP contribution in [0.3, 0.4) is 0 Å². The molecule has 0 aliphatic carbocycles. The van der Waals surface area contributed by atoms with Crippen LogP contribution in [-0.4, -0.2) is 55.0 Å². The van der Waals surface area contributed by atoms with E-state index in [1.165, 1.54) is 6.33 Å². The second-order valence-electron chi connectivity index (χ2n) is 8.61. The first-order chi connectivity index (χ1) is 17.5. The summed E-state index contributed by atoms with van der Waals surface area (Å²) in [5, 5.41) is 6.15. The molecule has 4 heterocycles. The maximum atomic E-state index is 11.8. The van der Waals surface area contributed by atoms with E-state index in [9.17, 15) is 4.79 Å². The molecular weight excluding hydrogens is 458 g/mol. The van der Waals surface area contributed by atoms with E-state index in [0.29, 0.717) is 35.9 Å². The summed E-state index contributed by atoms with van der Waals surface area (Å²) in [6.07, 6.45) is 4.91. The van der Waals surface area contributed by atoms with Gasteiger partial charge in [0.25, 0.3) is 0 Å². The zero-order valence-corrected chi connectivity index (χ0v) is 19.8. The number of aromatic nitrogens is 6. The van der Waals surface area contributed by atoms with E-state index in [1.54, 1.807) is 12.5 Å². The minimum Gasteiger partial charge on any atom is -0.457 e. The summed E-state index contributed by atoms with van der Waals surface area (Å²) < 4.78 is 8.10. The maximum Gasteiger partial charge on any atom is 0.239 e. The lowest BCUT2D eigenvalue weighted by Crippen LogP contribution is -2.48. The number of hydrogen-bond acceptors (Lipinski definition) is 9. The Morgan fingerprint density at radius 2 is 1.97 bits per heavy atom. The highest BCUT2D eigenvalue weighted by molar-refractivity contribution is 5.88. The zero-order valence-electron chi connectivity index (χ0n) is 19.8. The number of nitrogens with one attached hydrogen (secondary N) is 2. The highest BCUT2D eigenvalue weighted by atomic mass is 16.5. The number of anilines is 3. The molecule has 11 heteroatoms. The quantitative estimate of drug-likeness (QED) is 0.390. The van der Waals surface area contributed by atoms with Crippen molar-refractivity contribution in [2.24, 2.45) is 7.05 Å². The maximum absolute atomic E-state index is 11.8. The van der Waals surface area contributed by atoms with Crippen LogP contribution in [0.5, 0.6) is 11.5 Å². The number of benzene rings is 2. The lowest BCUT2D eigenvalue weighted by Gasteiger charge is -2.26. The Morgan fingerprint density at radius 1 is 1.06 bits per heavy atom. The second-order valence-corrected chi connectivity index (χ2v) is 8.61. The Morgan fingerprint density at radius 3 is 2.83 bits per heavy atom. The molecule has 0 spiro atoms. The predicted molar refractivity (Wildman–Crippen MR) is 136 cm³/mol. The van der Waals surface area contributed by atoms with Crippen LogP contribution in [0.15, 0.2) is 55.2 Å². The lowest BCUT2D eigenvalue weighted by atomic mass is 10.2. The average Bonchev–Trinajstić information content (AvgIpc) is 3.25. The van der Waals surface area contributed by atoms with Crippen LogP contribution in [0.4, 0.5) is 17.5 Å². The third-order valence-electron chi connectivity index (χ3n) is 6.05. The average molecular weight is 482 g/mol. The summed E-state index contributed by atoms with van der Waals surface area (Å²) in [6, 6.07) is 11.7. The van der Waals surface area contributed by atoms with Crippen molar-refractivity contribution in [2.75, 3.05) is 29.9 Å². The van der Waals surface area contributed by atoms with Gasteiger partial charge in [-0.15, -0.1) is 0 Å². The fourth-order valence-electron chi connectivity index (χ4n) is 4.18. The number of carbonyl (C=O) groups excluding carboxylic acids is 1. The summed E-state index contributed by atoms with van der Waals surface area (Å²) in [5.74, 6) is 2.45. The minimum absolute atomic E-state index is 0.0506. The van der Waals surface area contributed by atoms with E-state index in [-0.39, 0.29) is 12.5 Å². The van der Waals surface area contributed by atoms with Crippen molar-refractivity contribution >= 4 is 45.4 Å². The predicted octanol–water partition coefficient (Wildman–Crippen LogP) is 3.09. The third kappa shape index (κ3) is 4.11. The monoisotopic (exact) mass is 481 g/mol. The van der Waals surface area contributed by atoms with Crippen LogP contribution in [0.1, 0.15) is 5.56 Å². The summed E-state index contributed by atoms with van der Waals surface area (Å²) in [7, 11) is 1.96. The number of carbonyl (C=O) groups is 1. The van der Waals surface area contributed by atoms with Crippen molar-refractivity contribution in [1.82, 2.24) is 34.8 Å². The van der Waals surface area contributed by atoms with Gasteiger partial charge in [-0.25, -0.2) is 24.9 Å². The molecule has 1 aliphatic rings. The topological polar surface area (TPSA) is 123 Å². The molecule has 1 amide bonds. The summed E-state index contributed by atoms with van der Waals surface area (Å²) in [6.45, 7) is 3.40. The van der Waals surface area contributed by atoms with Gasteiger partial charge in [-0.2, -0.15) is 0 Å². The number of rotatable bonds is 5. The third-order valence-corrected chi connectivity index (χ3v) is 6.05. The normalized spacial score (nSPS) is 13.7. The van der Waals surface area contributed by atoms with Gasteiger partial charge in [0.15, 0.2) is 5.82 Å². The fraction of sp³-hybridized carbons (Fsp3) is 0.200. The molecule has 3 aromatic heterocycles. The molecule has 1 saturated heterocycles. The van der Waals surface area contributed by atoms with Gasteiger partial charge in [0, 0.05) is 31.9 Å². The molecular formula is C25H23N9O2.